The number of rotatable bonds is 5. The number of Topliss-reactive ketones (excluding diaryl/α,β-unsaturated/α-hetero) is 1. The van der Waals surface area contributed by atoms with E-state index in [0.29, 0.717) is 12.3 Å². The molecule has 92 valence electrons. The first-order valence-corrected chi connectivity index (χ1v) is 6.56. The SMILES string of the molecule is O=C(c1ccccc1)[C@H](CCCl)c1ccccc1. The average Bonchev–Trinajstić information content (AvgIpc) is 2.46. The number of halogens is 1. The van der Waals surface area contributed by atoms with Crippen molar-refractivity contribution in [3.63, 3.8) is 0 Å². The van der Waals surface area contributed by atoms with Crippen molar-refractivity contribution in [3.05, 3.63) is 71.8 Å². The Morgan fingerprint density at radius 1 is 0.944 bits per heavy atom. The Balaban J connectivity index is 2.29. The largest absolute Gasteiger partial charge is 0.293 e. The van der Waals surface area contributed by atoms with E-state index in [1.54, 1.807) is 0 Å². The number of hydrogen-bond acceptors (Lipinski definition) is 1. The number of hydrogen-bond donors (Lipinski definition) is 0. The molecule has 0 aromatic heterocycles. The molecule has 0 saturated carbocycles. The third-order valence-electron chi connectivity index (χ3n) is 2.97. The lowest BCUT2D eigenvalue weighted by Crippen LogP contribution is -2.13. The molecule has 0 spiro atoms. The fraction of sp³-hybridized carbons (Fsp3) is 0.188. The molecule has 2 aromatic rings. The molecule has 1 atom stereocenters. The first-order chi connectivity index (χ1) is 8.83. The lowest BCUT2D eigenvalue weighted by Gasteiger charge is -2.15. The van der Waals surface area contributed by atoms with Crippen LogP contribution < -0.4 is 0 Å². The second-order valence-corrected chi connectivity index (χ2v) is 4.55. The maximum absolute atomic E-state index is 12.5. The van der Waals surface area contributed by atoms with Crippen molar-refractivity contribution in [2.24, 2.45) is 0 Å². The minimum absolute atomic E-state index is 0.141. The van der Waals surface area contributed by atoms with Gasteiger partial charge in [-0.25, -0.2) is 0 Å². The first kappa shape index (κ1) is 12.8. The molecule has 0 unspecified atom stereocenters. The minimum Gasteiger partial charge on any atom is -0.293 e. The van der Waals surface area contributed by atoms with Crippen LogP contribution in [0.5, 0.6) is 0 Å². The van der Waals surface area contributed by atoms with Gasteiger partial charge in [0.2, 0.25) is 0 Å². The average molecular weight is 259 g/mol. The molecular formula is C16H15ClO. The van der Waals surface area contributed by atoms with Gasteiger partial charge in [-0.3, -0.25) is 4.79 Å². The van der Waals surface area contributed by atoms with E-state index in [0.717, 1.165) is 11.1 Å². The van der Waals surface area contributed by atoms with E-state index in [2.05, 4.69) is 0 Å². The van der Waals surface area contributed by atoms with Gasteiger partial charge in [0.15, 0.2) is 5.78 Å². The Morgan fingerprint density at radius 3 is 2.06 bits per heavy atom. The van der Waals surface area contributed by atoms with E-state index in [9.17, 15) is 4.79 Å². The Hall–Kier alpha value is -1.60. The molecule has 1 nitrogen and oxygen atoms in total. The molecule has 0 heterocycles. The lowest BCUT2D eigenvalue weighted by atomic mass is 9.89. The Bertz CT molecular complexity index is 493. The number of alkyl halides is 1. The van der Waals surface area contributed by atoms with E-state index < -0.39 is 0 Å². The standard InChI is InChI=1S/C16H15ClO/c17-12-11-15(13-7-3-1-4-8-13)16(18)14-9-5-2-6-10-14/h1-10,15H,11-12H2/t15-/m1/s1. The van der Waals surface area contributed by atoms with E-state index in [4.69, 9.17) is 11.6 Å². The summed E-state index contributed by atoms with van der Waals surface area (Å²) >= 11 is 5.83. The van der Waals surface area contributed by atoms with Crippen molar-refractivity contribution >= 4 is 17.4 Å². The van der Waals surface area contributed by atoms with Crippen molar-refractivity contribution in [1.29, 1.82) is 0 Å². The number of carbonyl (C=O) groups excluding carboxylic acids is 1. The fourth-order valence-corrected chi connectivity index (χ4v) is 2.27. The molecule has 0 bridgehead atoms. The van der Waals surface area contributed by atoms with E-state index in [-0.39, 0.29) is 11.7 Å². The highest BCUT2D eigenvalue weighted by Gasteiger charge is 2.20. The highest BCUT2D eigenvalue weighted by Crippen LogP contribution is 2.24. The summed E-state index contributed by atoms with van der Waals surface area (Å²) < 4.78 is 0. The summed E-state index contributed by atoms with van der Waals surface area (Å²) in [5.41, 5.74) is 1.78. The molecule has 0 aliphatic rings. The molecule has 2 aromatic carbocycles. The van der Waals surface area contributed by atoms with Crippen LogP contribution in [0.25, 0.3) is 0 Å². The molecule has 18 heavy (non-hydrogen) atoms. The van der Waals surface area contributed by atoms with Gasteiger partial charge in [-0.15, -0.1) is 11.6 Å². The van der Waals surface area contributed by atoms with Crippen LogP contribution in [-0.4, -0.2) is 11.7 Å². The molecule has 2 rings (SSSR count). The molecule has 0 amide bonds. The van der Waals surface area contributed by atoms with Gasteiger partial charge in [0.1, 0.15) is 0 Å². The first-order valence-electron chi connectivity index (χ1n) is 6.03. The highest BCUT2D eigenvalue weighted by molar-refractivity contribution is 6.18. The van der Waals surface area contributed by atoms with E-state index in [1.807, 2.05) is 60.7 Å². The second kappa shape index (κ2) is 6.36. The van der Waals surface area contributed by atoms with Crippen LogP contribution in [-0.2, 0) is 0 Å². The fourth-order valence-electron chi connectivity index (χ4n) is 2.05. The topological polar surface area (TPSA) is 17.1 Å². The molecule has 0 aliphatic carbocycles. The van der Waals surface area contributed by atoms with Crippen LogP contribution in [0.1, 0.15) is 28.3 Å². The number of benzene rings is 2. The van der Waals surface area contributed by atoms with Crippen molar-refractivity contribution in [2.75, 3.05) is 5.88 Å². The van der Waals surface area contributed by atoms with Gasteiger partial charge in [0, 0.05) is 17.4 Å². The third-order valence-corrected chi connectivity index (χ3v) is 3.19. The van der Waals surface area contributed by atoms with Crippen molar-refractivity contribution in [2.45, 2.75) is 12.3 Å². The normalized spacial score (nSPS) is 12.1. The predicted octanol–water partition coefficient (Wildman–Crippen LogP) is 4.28. The monoisotopic (exact) mass is 258 g/mol. The van der Waals surface area contributed by atoms with Gasteiger partial charge in [-0.2, -0.15) is 0 Å². The molecule has 0 saturated heterocycles. The van der Waals surface area contributed by atoms with Crippen LogP contribution in [0.3, 0.4) is 0 Å². The Kier molecular flexibility index (Phi) is 4.54. The third kappa shape index (κ3) is 2.99. The summed E-state index contributed by atoms with van der Waals surface area (Å²) in [7, 11) is 0. The van der Waals surface area contributed by atoms with E-state index >= 15 is 0 Å². The molecule has 0 radical (unpaired) electrons. The smallest absolute Gasteiger partial charge is 0.170 e. The summed E-state index contributed by atoms with van der Waals surface area (Å²) in [5.74, 6) is 0.478. The minimum atomic E-state index is -0.147. The number of ketones is 1. The molecule has 0 fully saturated rings. The van der Waals surface area contributed by atoms with Gasteiger partial charge in [0.25, 0.3) is 0 Å². The van der Waals surface area contributed by atoms with Gasteiger partial charge in [0.05, 0.1) is 0 Å². The van der Waals surface area contributed by atoms with Crippen LogP contribution in [0.2, 0.25) is 0 Å². The summed E-state index contributed by atoms with van der Waals surface area (Å²) in [6.45, 7) is 0. The zero-order chi connectivity index (χ0) is 12.8. The molecule has 0 aliphatic heterocycles. The lowest BCUT2D eigenvalue weighted by molar-refractivity contribution is 0.0957. The Morgan fingerprint density at radius 2 is 1.50 bits per heavy atom. The quantitative estimate of drug-likeness (QED) is 0.578. The molecule has 2 heteroatoms. The highest BCUT2D eigenvalue weighted by atomic mass is 35.5. The zero-order valence-electron chi connectivity index (χ0n) is 10.1. The van der Waals surface area contributed by atoms with Gasteiger partial charge >= 0.3 is 0 Å². The second-order valence-electron chi connectivity index (χ2n) is 4.17. The summed E-state index contributed by atoms with van der Waals surface area (Å²) in [6, 6.07) is 19.2. The maximum Gasteiger partial charge on any atom is 0.170 e. The van der Waals surface area contributed by atoms with E-state index in [1.165, 1.54) is 0 Å². The van der Waals surface area contributed by atoms with Crippen LogP contribution in [0.15, 0.2) is 60.7 Å². The van der Waals surface area contributed by atoms with Crippen LogP contribution in [0, 0.1) is 0 Å². The zero-order valence-corrected chi connectivity index (χ0v) is 10.8. The molecule has 0 N–H and O–H groups in total. The van der Waals surface area contributed by atoms with Crippen LogP contribution in [0.4, 0.5) is 0 Å². The molecular weight excluding hydrogens is 244 g/mol. The van der Waals surface area contributed by atoms with Gasteiger partial charge < -0.3 is 0 Å². The number of carbonyl (C=O) groups is 1. The predicted molar refractivity (Wildman–Crippen MR) is 75.3 cm³/mol. The van der Waals surface area contributed by atoms with Crippen molar-refractivity contribution in [3.8, 4) is 0 Å². The van der Waals surface area contributed by atoms with Crippen molar-refractivity contribution < 1.29 is 4.79 Å². The van der Waals surface area contributed by atoms with Crippen molar-refractivity contribution in [1.82, 2.24) is 0 Å². The van der Waals surface area contributed by atoms with Gasteiger partial charge in [-0.05, 0) is 12.0 Å². The summed E-state index contributed by atoms with van der Waals surface area (Å²) in [4.78, 5) is 12.5. The Labute approximate surface area is 112 Å². The summed E-state index contributed by atoms with van der Waals surface area (Å²) in [6.07, 6.45) is 0.666. The summed E-state index contributed by atoms with van der Waals surface area (Å²) in [5, 5.41) is 0. The van der Waals surface area contributed by atoms with Gasteiger partial charge in [-0.1, -0.05) is 60.7 Å². The van der Waals surface area contributed by atoms with Crippen LogP contribution >= 0.6 is 11.6 Å². The maximum atomic E-state index is 12.5.